The number of ether oxygens (including phenoxy) is 1. The lowest BCUT2D eigenvalue weighted by Gasteiger charge is -2.37. The summed E-state index contributed by atoms with van der Waals surface area (Å²) in [7, 11) is 0. The van der Waals surface area contributed by atoms with E-state index in [9.17, 15) is 23.1 Å². The van der Waals surface area contributed by atoms with Crippen LogP contribution in [0.15, 0.2) is 50.5 Å². The predicted octanol–water partition coefficient (Wildman–Crippen LogP) is 3.65. The summed E-state index contributed by atoms with van der Waals surface area (Å²) in [6, 6.07) is 3.15. The molecule has 182 valence electrons. The van der Waals surface area contributed by atoms with Crippen LogP contribution in [-0.2, 0) is 9.53 Å². The predicted molar refractivity (Wildman–Crippen MR) is 124 cm³/mol. The van der Waals surface area contributed by atoms with E-state index in [0.717, 1.165) is 0 Å². The number of halogens is 4. The number of aromatic nitrogens is 1. The molecule has 4 rings (SSSR count). The fourth-order valence-corrected chi connectivity index (χ4v) is 5.08. The van der Waals surface area contributed by atoms with Gasteiger partial charge in [0.1, 0.15) is 18.0 Å². The fraction of sp³-hybridized carbons (Fsp3) is 0.409. The number of esters is 1. The molecule has 3 heterocycles. The van der Waals surface area contributed by atoms with Crippen molar-refractivity contribution in [2.24, 2.45) is 4.99 Å². The average Bonchev–Trinajstić information content (AvgIpc) is 3.31. The Kier molecular flexibility index (Phi) is 7.41. The van der Waals surface area contributed by atoms with Crippen LogP contribution in [0.1, 0.15) is 30.0 Å². The van der Waals surface area contributed by atoms with Gasteiger partial charge in [-0.05, 0) is 31.0 Å². The van der Waals surface area contributed by atoms with Crippen LogP contribution in [0.3, 0.4) is 0 Å². The third kappa shape index (κ3) is 5.19. The van der Waals surface area contributed by atoms with Crippen LogP contribution in [-0.4, -0.2) is 65.1 Å². The normalized spacial score (nSPS) is 22.8. The van der Waals surface area contributed by atoms with Crippen molar-refractivity contribution in [2.45, 2.75) is 31.4 Å². The average molecular weight is 559 g/mol. The Morgan fingerprint density at radius 2 is 2.24 bits per heavy atom. The first-order valence-electron chi connectivity index (χ1n) is 10.6. The van der Waals surface area contributed by atoms with Crippen LogP contribution in [0.5, 0.6) is 0 Å². The quantitative estimate of drug-likeness (QED) is 0.526. The highest BCUT2D eigenvalue weighted by Gasteiger charge is 2.44. The minimum Gasteiger partial charge on any atom is -0.463 e. The topological polar surface area (TPSA) is 87.0 Å². The van der Waals surface area contributed by atoms with E-state index in [4.69, 9.17) is 4.74 Å². The van der Waals surface area contributed by atoms with Gasteiger partial charge in [0, 0.05) is 34.8 Å². The van der Waals surface area contributed by atoms with Crippen molar-refractivity contribution in [1.82, 2.24) is 15.2 Å². The van der Waals surface area contributed by atoms with Gasteiger partial charge in [0.15, 0.2) is 10.8 Å². The number of thiazole rings is 1. The Morgan fingerprint density at radius 1 is 1.44 bits per heavy atom. The van der Waals surface area contributed by atoms with Crippen molar-refractivity contribution in [3.8, 4) is 0 Å². The van der Waals surface area contributed by atoms with E-state index in [2.05, 4.69) is 31.2 Å². The van der Waals surface area contributed by atoms with Gasteiger partial charge in [-0.3, -0.25) is 9.89 Å². The zero-order chi connectivity index (χ0) is 24.5. The van der Waals surface area contributed by atoms with Crippen molar-refractivity contribution in [3.05, 3.63) is 61.9 Å². The number of aliphatic hydroxyl groups excluding tert-OH is 1. The summed E-state index contributed by atoms with van der Waals surface area (Å²) >= 11 is 4.67. The maximum absolute atomic E-state index is 14.2. The number of carbonyl (C=O) groups excluding carboxylic acids is 1. The number of hydrogen-bond donors (Lipinski definition) is 2. The molecule has 34 heavy (non-hydrogen) atoms. The number of aliphatic imine (C=N–C) groups is 1. The molecule has 2 N–H and O–H groups in total. The summed E-state index contributed by atoms with van der Waals surface area (Å²) in [5.74, 6) is -4.03. The number of hydrogen-bond acceptors (Lipinski definition) is 8. The van der Waals surface area contributed by atoms with Gasteiger partial charge in [-0.1, -0.05) is 22.0 Å². The van der Waals surface area contributed by atoms with Gasteiger partial charge in [-0.25, -0.2) is 22.9 Å². The number of aliphatic hydroxyl groups is 1. The smallest absolute Gasteiger partial charge is 0.338 e. The van der Waals surface area contributed by atoms with E-state index in [0.29, 0.717) is 26.6 Å². The minimum absolute atomic E-state index is 0.0316. The molecule has 0 radical (unpaired) electrons. The van der Waals surface area contributed by atoms with Crippen molar-refractivity contribution < 1.29 is 27.8 Å². The highest BCUT2D eigenvalue weighted by Crippen LogP contribution is 2.37. The molecule has 12 heteroatoms. The molecular formula is C22H22BrF3N4O3S. The van der Waals surface area contributed by atoms with Crippen molar-refractivity contribution >= 4 is 39.1 Å². The lowest BCUT2D eigenvalue weighted by Crippen LogP contribution is -2.53. The first kappa shape index (κ1) is 24.8. The number of piperidine rings is 1. The summed E-state index contributed by atoms with van der Waals surface area (Å²) in [5, 5.41) is 15.0. The van der Waals surface area contributed by atoms with Crippen LogP contribution in [0, 0.1) is 5.82 Å². The van der Waals surface area contributed by atoms with Crippen molar-refractivity contribution in [2.75, 3.05) is 26.2 Å². The number of nitrogens with one attached hydrogen (secondary N) is 1. The van der Waals surface area contributed by atoms with Gasteiger partial charge in [0.25, 0.3) is 5.92 Å². The van der Waals surface area contributed by atoms with Gasteiger partial charge in [-0.2, -0.15) is 0 Å². The van der Waals surface area contributed by atoms with E-state index >= 15 is 0 Å². The number of amidine groups is 1. The first-order chi connectivity index (χ1) is 16.2. The highest BCUT2D eigenvalue weighted by molar-refractivity contribution is 9.10. The summed E-state index contributed by atoms with van der Waals surface area (Å²) in [4.78, 5) is 23.5. The number of carbonyl (C=O) groups is 1. The Bertz CT molecular complexity index is 1130. The van der Waals surface area contributed by atoms with E-state index in [1.807, 2.05) is 0 Å². The fourth-order valence-electron chi connectivity index (χ4n) is 3.92. The van der Waals surface area contributed by atoms with Crippen LogP contribution in [0.4, 0.5) is 13.2 Å². The molecule has 0 aliphatic carbocycles. The largest absolute Gasteiger partial charge is 0.463 e. The van der Waals surface area contributed by atoms with Gasteiger partial charge in [0.05, 0.1) is 18.7 Å². The van der Waals surface area contributed by atoms with Gasteiger partial charge in [0.2, 0.25) is 0 Å². The second-order valence-electron chi connectivity index (χ2n) is 7.90. The molecule has 1 fully saturated rings. The molecule has 2 aromatic rings. The van der Waals surface area contributed by atoms with Gasteiger partial charge < -0.3 is 15.2 Å². The Balaban J connectivity index is 1.80. The zero-order valence-electron chi connectivity index (χ0n) is 18.1. The number of alkyl halides is 2. The van der Waals surface area contributed by atoms with E-state index < -0.39 is 36.4 Å². The van der Waals surface area contributed by atoms with Crippen LogP contribution < -0.4 is 5.32 Å². The lowest BCUT2D eigenvalue weighted by molar-refractivity contribution is -0.148. The Labute approximate surface area is 206 Å². The molecule has 2 aliphatic rings. The standard InChI is InChI=1S/C22H22BrF3N4O3S/c1-2-33-21(32)17-15(10-30-7-5-16(31)22(25,26)11-30)28-19(20-27-6-8-34-20)29-18(17)13-4-3-12(24)9-14(13)23/h3-4,6,8-9,16,18,31H,2,5,7,10-11H2,1H3,(H,28,29)/t16-,18-/m1/s1. The molecular weight excluding hydrogens is 537 g/mol. The van der Waals surface area contributed by atoms with Crippen LogP contribution >= 0.6 is 27.3 Å². The summed E-state index contributed by atoms with van der Waals surface area (Å²) in [5.41, 5.74) is 0.993. The minimum atomic E-state index is -3.27. The molecule has 0 bridgehead atoms. The second-order valence-corrected chi connectivity index (χ2v) is 9.65. The molecule has 0 unspecified atom stereocenters. The van der Waals surface area contributed by atoms with E-state index in [-0.39, 0.29) is 31.7 Å². The highest BCUT2D eigenvalue weighted by atomic mass is 79.9. The number of likely N-dealkylation sites (tertiary alicyclic amines) is 1. The molecule has 1 aromatic heterocycles. The van der Waals surface area contributed by atoms with Gasteiger partial charge in [-0.15, -0.1) is 11.3 Å². The Morgan fingerprint density at radius 3 is 2.88 bits per heavy atom. The molecule has 2 aliphatic heterocycles. The van der Waals surface area contributed by atoms with E-state index in [1.54, 1.807) is 18.5 Å². The van der Waals surface area contributed by atoms with Crippen LogP contribution in [0.2, 0.25) is 0 Å². The monoisotopic (exact) mass is 558 g/mol. The summed E-state index contributed by atoms with van der Waals surface area (Å²) in [6.07, 6.45) is -0.212. The maximum atomic E-state index is 14.2. The first-order valence-corrected chi connectivity index (χ1v) is 12.2. The number of nitrogens with zero attached hydrogens (tertiary/aromatic N) is 3. The van der Waals surface area contributed by atoms with E-state index in [1.165, 1.54) is 34.4 Å². The van der Waals surface area contributed by atoms with Gasteiger partial charge >= 0.3 is 5.97 Å². The lowest BCUT2D eigenvalue weighted by atomic mass is 9.94. The molecule has 2 atom stereocenters. The van der Waals surface area contributed by atoms with Crippen LogP contribution in [0.25, 0.3) is 0 Å². The second kappa shape index (κ2) is 10.1. The summed E-state index contributed by atoms with van der Waals surface area (Å²) < 4.78 is 47.9. The molecule has 0 spiro atoms. The number of benzene rings is 1. The van der Waals surface area contributed by atoms with Crippen molar-refractivity contribution in [3.63, 3.8) is 0 Å². The maximum Gasteiger partial charge on any atom is 0.338 e. The number of rotatable bonds is 6. The molecule has 7 nitrogen and oxygen atoms in total. The summed E-state index contributed by atoms with van der Waals surface area (Å²) in [6.45, 7) is 1.28. The zero-order valence-corrected chi connectivity index (χ0v) is 20.5. The third-order valence-electron chi connectivity index (χ3n) is 5.54. The Hall–Kier alpha value is -2.28. The molecule has 1 saturated heterocycles. The molecule has 1 aromatic carbocycles. The molecule has 0 saturated carbocycles. The molecule has 0 amide bonds. The SMILES string of the molecule is CCOC(=O)C1=C(CN2CC[C@@H](O)C(F)(F)C2)NC(c2nccs2)=N[C@@H]1c1ccc(F)cc1Br. The van der Waals surface area contributed by atoms with Crippen molar-refractivity contribution in [1.29, 1.82) is 0 Å². The third-order valence-corrected chi connectivity index (χ3v) is 7.00.